The Balaban J connectivity index is 1.40. The molecule has 1 aromatic heterocycles. The summed E-state index contributed by atoms with van der Waals surface area (Å²) >= 11 is 0. The largest absolute Gasteiger partial charge is 0.335 e. The number of aryl methyl sites for hydroxylation is 1. The van der Waals surface area contributed by atoms with Crippen molar-refractivity contribution in [2.45, 2.75) is 57.5 Å². The Morgan fingerprint density at radius 1 is 1.27 bits per heavy atom. The number of hydrogen-bond acceptors (Lipinski definition) is 4. The normalized spacial score (nSPS) is 15.3. The molecule has 0 spiro atoms. The Bertz CT molecular complexity index is 845. The standard InChI is InChI=1S/C22H30FN5O2/c1-15(21(29)25-22(30)24-18-6-3-4-7-18)28(2)13-5-8-19-14-20(27-26-19)16-9-11-17(23)12-10-16/h9-12,14-15,18H,3-8,13H2,1-2H3,(H,26,27)(H2,24,25,29,30). The molecule has 7 nitrogen and oxygen atoms in total. The van der Waals surface area contributed by atoms with Crippen molar-refractivity contribution in [3.05, 3.63) is 41.8 Å². The van der Waals surface area contributed by atoms with E-state index in [0.717, 1.165) is 55.5 Å². The average molecular weight is 416 g/mol. The number of halogens is 1. The molecule has 1 fully saturated rings. The summed E-state index contributed by atoms with van der Waals surface area (Å²) < 4.78 is 13.0. The molecule has 2 aromatic rings. The van der Waals surface area contributed by atoms with Crippen LogP contribution in [0.5, 0.6) is 0 Å². The number of nitrogens with zero attached hydrogens (tertiary/aromatic N) is 2. The number of aromatic amines is 1. The first-order valence-corrected chi connectivity index (χ1v) is 10.5. The van der Waals surface area contributed by atoms with Gasteiger partial charge in [0.25, 0.3) is 0 Å². The van der Waals surface area contributed by atoms with Gasteiger partial charge in [0.05, 0.1) is 11.7 Å². The quantitative estimate of drug-likeness (QED) is 0.617. The highest BCUT2D eigenvalue weighted by Crippen LogP contribution is 2.19. The summed E-state index contributed by atoms with van der Waals surface area (Å²) in [5, 5.41) is 12.6. The summed E-state index contributed by atoms with van der Waals surface area (Å²) in [6.45, 7) is 2.49. The van der Waals surface area contributed by atoms with Crippen LogP contribution in [0.2, 0.25) is 0 Å². The lowest BCUT2D eigenvalue weighted by atomic mass is 10.1. The molecule has 3 N–H and O–H groups in total. The van der Waals surface area contributed by atoms with Gasteiger partial charge in [-0.15, -0.1) is 0 Å². The third kappa shape index (κ3) is 6.13. The minimum Gasteiger partial charge on any atom is -0.335 e. The molecule has 1 unspecified atom stereocenters. The number of hydrogen-bond donors (Lipinski definition) is 3. The van der Waals surface area contributed by atoms with Gasteiger partial charge in [-0.25, -0.2) is 9.18 Å². The molecule has 0 aliphatic heterocycles. The lowest BCUT2D eigenvalue weighted by Gasteiger charge is -2.23. The van der Waals surface area contributed by atoms with E-state index in [1.165, 1.54) is 12.1 Å². The molecule has 1 aliphatic rings. The van der Waals surface area contributed by atoms with Crippen molar-refractivity contribution in [3.63, 3.8) is 0 Å². The predicted octanol–water partition coefficient (Wildman–Crippen LogP) is 3.24. The smallest absolute Gasteiger partial charge is 0.321 e. The monoisotopic (exact) mass is 415 g/mol. The van der Waals surface area contributed by atoms with Gasteiger partial charge in [-0.1, -0.05) is 12.8 Å². The molecule has 1 heterocycles. The number of urea groups is 1. The van der Waals surface area contributed by atoms with Gasteiger partial charge >= 0.3 is 6.03 Å². The first-order chi connectivity index (χ1) is 14.4. The molecule has 0 bridgehead atoms. The Morgan fingerprint density at radius 3 is 2.67 bits per heavy atom. The fourth-order valence-corrected chi connectivity index (χ4v) is 3.68. The van der Waals surface area contributed by atoms with E-state index in [-0.39, 0.29) is 17.8 Å². The van der Waals surface area contributed by atoms with Crippen LogP contribution < -0.4 is 10.6 Å². The topological polar surface area (TPSA) is 90.1 Å². The number of likely N-dealkylation sites (N-methyl/N-ethyl adjacent to an activating group) is 1. The van der Waals surface area contributed by atoms with Crippen LogP contribution in [-0.2, 0) is 11.2 Å². The molecule has 1 atom stereocenters. The van der Waals surface area contributed by atoms with E-state index in [4.69, 9.17) is 0 Å². The van der Waals surface area contributed by atoms with Crippen molar-refractivity contribution in [2.75, 3.05) is 13.6 Å². The second kappa shape index (κ2) is 10.3. The third-order valence-corrected chi connectivity index (χ3v) is 5.70. The number of H-pyrrole nitrogens is 1. The maximum absolute atomic E-state index is 13.0. The van der Waals surface area contributed by atoms with E-state index in [9.17, 15) is 14.0 Å². The van der Waals surface area contributed by atoms with E-state index in [1.54, 1.807) is 19.1 Å². The molecule has 8 heteroatoms. The number of rotatable bonds is 8. The maximum atomic E-state index is 13.0. The minimum absolute atomic E-state index is 0.181. The van der Waals surface area contributed by atoms with E-state index < -0.39 is 12.1 Å². The van der Waals surface area contributed by atoms with Gasteiger partial charge in [0.15, 0.2) is 0 Å². The SMILES string of the molecule is CC(C(=O)NC(=O)NC1CCCC1)N(C)CCCc1cc(-c2ccc(F)cc2)n[nH]1. The van der Waals surface area contributed by atoms with Gasteiger partial charge in [-0.3, -0.25) is 20.1 Å². The van der Waals surface area contributed by atoms with Crippen molar-refractivity contribution in [1.29, 1.82) is 0 Å². The van der Waals surface area contributed by atoms with Gasteiger partial charge in [-0.05, 0) is 76.5 Å². The highest BCUT2D eigenvalue weighted by molar-refractivity contribution is 5.96. The van der Waals surface area contributed by atoms with Gasteiger partial charge in [0.2, 0.25) is 5.91 Å². The van der Waals surface area contributed by atoms with E-state index in [2.05, 4.69) is 20.8 Å². The number of carbonyl (C=O) groups excluding carboxylic acids is 2. The van der Waals surface area contributed by atoms with Crippen LogP contribution in [0.1, 0.15) is 44.7 Å². The van der Waals surface area contributed by atoms with Crippen molar-refractivity contribution in [1.82, 2.24) is 25.7 Å². The van der Waals surface area contributed by atoms with Crippen LogP contribution in [0.3, 0.4) is 0 Å². The Morgan fingerprint density at radius 2 is 1.97 bits per heavy atom. The molecule has 3 amide bonds. The van der Waals surface area contributed by atoms with Crippen LogP contribution in [0.4, 0.5) is 9.18 Å². The van der Waals surface area contributed by atoms with Gasteiger partial charge in [0.1, 0.15) is 5.82 Å². The minimum atomic E-state index is -0.407. The summed E-state index contributed by atoms with van der Waals surface area (Å²) in [5.41, 5.74) is 2.62. The predicted molar refractivity (Wildman–Crippen MR) is 113 cm³/mol. The summed E-state index contributed by atoms with van der Waals surface area (Å²) in [4.78, 5) is 26.2. The van der Waals surface area contributed by atoms with Gasteiger partial charge in [0, 0.05) is 17.3 Å². The highest BCUT2D eigenvalue weighted by Gasteiger charge is 2.22. The fourth-order valence-electron chi connectivity index (χ4n) is 3.68. The molecule has 162 valence electrons. The Hall–Kier alpha value is -2.74. The average Bonchev–Trinajstić information content (AvgIpc) is 3.40. The molecule has 30 heavy (non-hydrogen) atoms. The molecular formula is C22H30FN5O2. The van der Waals surface area contributed by atoms with Gasteiger partial charge < -0.3 is 5.32 Å². The number of imide groups is 1. The zero-order valence-electron chi connectivity index (χ0n) is 17.6. The summed E-state index contributed by atoms with van der Waals surface area (Å²) in [5.74, 6) is -0.570. The van der Waals surface area contributed by atoms with E-state index in [0.29, 0.717) is 6.54 Å². The molecule has 1 aliphatic carbocycles. The van der Waals surface area contributed by atoms with E-state index in [1.807, 2.05) is 18.0 Å². The van der Waals surface area contributed by atoms with Crippen LogP contribution in [-0.4, -0.2) is 52.7 Å². The first-order valence-electron chi connectivity index (χ1n) is 10.5. The molecule has 1 aromatic carbocycles. The highest BCUT2D eigenvalue weighted by atomic mass is 19.1. The third-order valence-electron chi connectivity index (χ3n) is 5.70. The molecule has 1 saturated carbocycles. The van der Waals surface area contributed by atoms with Crippen LogP contribution in [0.25, 0.3) is 11.3 Å². The summed E-state index contributed by atoms with van der Waals surface area (Å²) in [6, 6.07) is 7.56. The molecule has 0 saturated heterocycles. The second-order valence-corrected chi connectivity index (χ2v) is 7.99. The summed E-state index contributed by atoms with van der Waals surface area (Å²) in [7, 11) is 1.87. The maximum Gasteiger partial charge on any atom is 0.321 e. The molecule has 0 radical (unpaired) electrons. The number of nitrogens with one attached hydrogen (secondary N) is 3. The first kappa shape index (κ1) is 22.0. The van der Waals surface area contributed by atoms with Crippen molar-refractivity contribution < 1.29 is 14.0 Å². The van der Waals surface area contributed by atoms with Crippen molar-refractivity contribution >= 4 is 11.9 Å². The lowest BCUT2D eigenvalue weighted by molar-refractivity contribution is -0.124. The van der Waals surface area contributed by atoms with Crippen LogP contribution >= 0.6 is 0 Å². The zero-order valence-corrected chi connectivity index (χ0v) is 17.6. The lowest BCUT2D eigenvalue weighted by Crippen LogP contribution is -2.50. The van der Waals surface area contributed by atoms with Crippen LogP contribution in [0.15, 0.2) is 30.3 Å². The second-order valence-electron chi connectivity index (χ2n) is 7.99. The fraction of sp³-hybridized carbons (Fsp3) is 0.500. The molecule has 3 rings (SSSR count). The van der Waals surface area contributed by atoms with Gasteiger partial charge in [-0.2, -0.15) is 5.10 Å². The molecular weight excluding hydrogens is 385 g/mol. The Labute approximate surface area is 176 Å². The van der Waals surface area contributed by atoms with Crippen molar-refractivity contribution in [3.8, 4) is 11.3 Å². The summed E-state index contributed by atoms with van der Waals surface area (Å²) in [6.07, 6.45) is 5.81. The van der Waals surface area contributed by atoms with Crippen molar-refractivity contribution in [2.24, 2.45) is 0 Å². The number of amides is 3. The number of aromatic nitrogens is 2. The van der Waals surface area contributed by atoms with E-state index >= 15 is 0 Å². The Kier molecular flexibility index (Phi) is 7.57. The van der Waals surface area contributed by atoms with Crippen LogP contribution in [0, 0.1) is 5.82 Å². The number of carbonyl (C=O) groups is 2. The number of benzene rings is 1. The zero-order chi connectivity index (χ0) is 21.5.